The molecule has 0 aliphatic carbocycles. The number of halogens is 2. The normalized spacial score (nSPS) is 25.3. The first-order valence-corrected chi connectivity index (χ1v) is 7.07. The maximum Gasteiger partial charge on any atom is 0.144 e. The second-order valence-corrected chi connectivity index (χ2v) is 5.90. The van der Waals surface area contributed by atoms with Crippen molar-refractivity contribution in [3.8, 4) is 0 Å². The first kappa shape index (κ1) is 13.4. The number of anilines is 1. The first-order valence-electron chi connectivity index (χ1n) is 5.75. The Morgan fingerprint density at radius 3 is 2.50 bits per heavy atom. The summed E-state index contributed by atoms with van der Waals surface area (Å²) < 4.78 is 44.6. The van der Waals surface area contributed by atoms with Crippen molar-refractivity contribution >= 4 is 16.5 Å². The van der Waals surface area contributed by atoms with Crippen LogP contribution in [0.4, 0.5) is 14.5 Å². The van der Waals surface area contributed by atoms with E-state index in [1.807, 2.05) is 6.92 Å². The average molecular weight is 275 g/mol. The van der Waals surface area contributed by atoms with Crippen molar-refractivity contribution in [3.05, 3.63) is 23.8 Å². The second kappa shape index (κ2) is 5.32. The van der Waals surface area contributed by atoms with Crippen LogP contribution in [0.1, 0.15) is 19.8 Å². The Balaban J connectivity index is 2.14. The van der Waals surface area contributed by atoms with Crippen LogP contribution < -0.4 is 5.73 Å². The van der Waals surface area contributed by atoms with Crippen molar-refractivity contribution in [2.75, 3.05) is 11.5 Å². The van der Waals surface area contributed by atoms with Crippen molar-refractivity contribution in [2.24, 2.45) is 0 Å². The maximum atomic E-state index is 13.6. The van der Waals surface area contributed by atoms with E-state index in [-0.39, 0.29) is 23.6 Å². The van der Waals surface area contributed by atoms with Crippen LogP contribution in [-0.2, 0) is 15.5 Å². The fraction of sp³-hybridized carbons (Fsp3) is 0.500. The molecule has 3 atom stereocenters. The summed E-state index contributed by atoms with van der Waals surface area (Å²) in [4.78, 5) is -0.410. The zero-order chi connectivity index (χ0) is 13.3. The standard InChI is InChI=1S/C12H15F2NO2S/c1-7-2-3-9(17-7)6-18(16)12-10(13)4-8(15)5-11(12)14/h4-5,7,9H,2-3,6,15H2,1H3. The number of nitrogen functional groups attached to an aromatic ring is 1. The van der Waals surface area contributed by atoms with Crippen LogP contribution in [0.25, 0.3) is 0 Å². The summed E-state index contributed by atoms with van der Waals surface area (Å²) in [6.45, 7) is 1.92. The molecule has 1 fully saturated rings. The van der Waals surface area contributed by atoms with Gasteiger partial charge in [-0.05, 0) is 31.9 Å². The van der Waals surface area contributed by atoms with Crippen molar-refractivity contribution < 1.29 is 17.7 Å². The Morgan fingerprint density at radius 1 is 1.39 bits per heavy atom. The van der Waals surface area contributed by atoms with Crippen molar-refractivity contribution in [3.63, 3.8) is 0 Å². The molecule has 0 amide bonds. The topological polar surface area (TPSA) is 52.3 Å². The minimum absolute atomic E-state index is 0.0171. The van der Waals surface area contributed by atoms with E-state index in [1.54, 1.807) is 0 Å². The monoisotopic (exact) mass is 275 g/mol. The molecule has 3 nitrogen and oxygen atoms in total. The van der Waals surface area contributed by atoms with E-state index in [4.69, 9.17) is 10.5 Å². The van der Waals surface area contributed by atoms with E-state index >= 15 is 0 Å². The summed E-state index contributed by atoms with van der Waals surface area (Å²) in [5.74, 6) is -1.61. The number of nitrogens with two attached hydrogens (primary N) is 1. The van der Waals surface area contributed by atoms with Crippen LogP contribution in [-0.4, -0.2) is 22.2 Å². The minimum Gasteiger partial charge on any atom is -0.399 e. The quantitative estimate of drug-likeness (QED) is 0.861. The van der Waals surface area contributed by atoms with Gasteiger partial charge in [-0.25, -0.2) is 8.78 Å². The Hall–Kier alpha value is -1.01. The van der Waals surface area contributed by atoms with E-state index in [1.165, 1.54) is 0 Å². The van der Waals surface area contributed by atoms with Crippen LogP contribution in [0.5, 0.6) is 0 Å². The van der Waals surface area contributed by atoms with Gasteiger partial charge in [0.05, 0.1) is 28.8 Å². The minimum atomic E-state index is -1.75. The highest BCUT2D eigenvalue weighted by atomic mass is 32.2. The molecule has 100 valence electrons. The number of hydrogen-bond donors (Lipinski definition) is 1. The molecule has 0 saturated carbocycles. The lowest BCUT2D eigenvalue weighted by atomic mass is 10.2. The van der Waals surface area contributed by atoms with Gasteiger partial charge >= 0.3 is 0 Å². The van der Waals surface area contributed by atoms with E-state index in [0.29, 0.717) is 0 Å². The van der Waals surface area contributed by atoms with Crippen LogP contribution in [0.2, 0.25) is 0 Å². The summed E-state index contributed by atoms with van der Waals surface area (Å²) in [6.07, 6.45) is 1.57. The largest absolute Gasteiger partial charge is 0.399 e. The van der Waals surface area contributed by atoms with Gasteiger partial charge in [-0.1, -0.05) is 0 Å². The Morgan fingerprint density at radius 2 is 2.00 bits per heavy atom. The lowest BCUT2D eigenvalue weighted by molar-refractivity contribution is 0.0694. The summed E-state index contributed by atoms with van der Waals surface area (Å²) in [5.41, 5.74) is 5.29. The molecule has 0 radical (unpaired) electrons. The van der Waals surface area contributed by atoms with Crippen LogP contribution >= 0.6 is 0 Å². The zero-order valence-electron chi connectivity index (χ0n) is 9.99. The molecule has 1 heterocycles. The van der Waals surface area contributed by atoms with Gasteiger partial charge < -0.3 is 10.5 Å². The van der Waals surface area contributed by atoms with Gasteiger partial charge in [0.2, 0.25) is 0 Å². The van der Waals surface area contributed by atoms with Gasteiger partial charge in [0.15, 0.2) is 0 Å². The lowest BCUT2D eigenvalue weighted by Crippen LogP contribution is -2.18. The molecule has 3 unspecified atom stereocenters. The fourth-order valence-electron chi connectivity index (χ4n) is 2.06. The van der Waals surface area contributed by atoms with Gasteiger partial charge in [0.1, 0.15) is 16.5 Å². The second-order valence-electron chi connectivity index (χ2n) is 4.47. The molecule has 6 heteroatoms. The summed E-state index contributed by atoms with van der Waals surface area (Å²) >= 11 is 0. The molecular weight excluding hydrogens is 260 g/mol. The third kappa shape index (κ3) is 2.87. The van der Waals surface area contributed by atoms with Crippen molar-refractivity contribution in [2.45, 2.75) is 36.9 Å². The molecule has 1 aliphatic rings. The third-order valence-corrected chi connectivity index (χ3v) is 4.43. The van der Waals surface area contributed by atoms with Gasteiger partial charge in [-0.15, -0.1) is 0 Å². The van der Waals surface area contributed by atoms with Crippen LogP contribution in [0.15, 0.2) is 17.0 Å². The number of benzene rings is 1. The Kier molecular flexibility index (Phi) is 3.97. The third-order valence-electron chi connectivity index (χ3n) is 2.91. The van der Waals surface area contributed by atoms with Crippen LogP contribution in [0, 0.1) is 11.6 Å². The predicted octanol–water partition coefficient (Wildman–Crippen LogP) is 2.22. The number of rotatable bonds is 3. The number of ether oxygens (including phenoxy) is 1. The molecule has 2 N–H and O–H groups in total. The molecule has 1 aromatic carbocycles. The Bertz CT molecular complexity index is 458. The number of hydrogen-bond acceptors (Lipinski definition) is 3. The van der Waals surface area contributed by atoms with Crippen molar-refractivity contribution in [1.82, 2.24) is 0 Å². The van der Waals surface area contributed by atoms with Gasteiger partial charge in [-0.3, -0.25) is 4.21 Å². The summed E-state index contributed by atoms with van der Waals surface area (Å²) in [5, 5.41) is 0. The van der Waals surface area contributed by atoms with E-state index < -0.39 is 27.3 Å². The van der Waals surface area contributed by atoms with Gasteiger partial charge in [0.25, 0.3) is 0 Å². The Labute approximate surface area is 107 Å². The molecule has 0 aromatic heterocycles. The van der Waals surface area contributed by atoms with Gasteiger partial charge in [0, 0.05) is 5.69 Å². The first-order chi connectivity index (χ1) is 8.47. The van der Waals surface area contributed by atoms with E-state index in [0.717, 1.165) is 25.0 Å². The van der Waals surface area contributed by atoms with E-state index in [9.17, 15) is 13.0 Å². The lowest BCUT2D eigenvalue weighted by Gasteiger charge is -2.12. The highest BCUT2D eigenvalue weighted by Crippen LogP contribution is 2.25. The molecule has 0 bridgehead atoms. The van der Waals surface area contributed by atoms with Gasteiger partial charge in [-0.2, -0.15) is 0 Å². The highest BCUT2D eigenvalue weighted by Gasteiger charge is 2.26. The molecule has 1 saturated heterocycles. The molecule has 2 rings (SSSR count). The van der Waals surface area contributed by atoms with Crippen LogP contribution in [0.3, 0.4) is 0 Å². The zero-order valence-corrected chi connectivity index (χ0v) is 10.8. The average Bonchev–Trinajstić information content (AvgIpc) is 2.62. The van der Waals surface area contributed by atoms with Crippen molar-refractivity contribution in [1.29, 1.82) is 0 Å². The van der Waals surface area contributed by atoms with E-state index in [2.05, 4.69) is 0 Å². The molecule has 1 aliphatic heterocycles. The SMILES string of the molecule is CC1CCC(CS(=O)c2c(F)cc(N)cc2F)O1. The molecule has 1 aromatic rings. The maximum absolute atomic E-state index is 13.6. The smallest absolute Gasteiger partial charge is 0.144 e. The fourth-order valence-corrected chi connectivity index (χ4v) is 3.36. The molecule has 0 spiro atoms. The molecular formula is C12H15F2NO2S. The molecule has 18 heavy (non-hydrogen) atoms. The summed E-state index contributed by atoms with van der Waals surface area (Å²) in [7, 11) is -1.75. The summed E-state index contributed by atoms with van der Waals surface area (Å²) in [6, 6.07) is 1.96. The predicted molar refractivity (Wildman–Crippen MR) is 65.6 cm³/mol. The highest BCUT2D eigenvalue weighted by molar-refractivity contribution is 7.85.